The number of benzene rings is 3. The molecule has 0 saturated heterocycles. The Morgan fingerprint density at radius 3 is 2.34 bits per heavy atom. The minimum atomic E-state index is -3.99. The summed E-state index contributed by atoms with van der Waals surface area (Å²) >= 11 is 1.60. The molecule has 8 heteroatoms. The van der Waals surface area contributed by atoms with Crippen LogP contribution in [0.3, 0.4) is 0 Å². The molecule has 0 aliphatic rings. The summed E-state index contributed by atoms with van der Waals surface area (Å²) < 4.78 is 41.1. The molecule has 0 bridgehead atoms. The molecule has 0 aliphatic carbocycles. The van der Waals surface area contributed by atoms with Gasteiger partial charge in [-0.2, -0.15) is 0 Å². The average Bonchev–Trinajstić information content (AvgIpc) is 2.70. The average molecular weight is 431 g/mol. The van der Waals surface area contributed by atoms with Crippen LogP contribution in [0.25, 0.3) is 0 Å². The van der Waals surface area contributed by atoms with Gasteiger partial charge in [0.2, 0.25) is 0 Å². The van der Waals surface area contributed by atoms with Crippen molar-refractivity contribution in [2.24, 2.45) is 0 Å². The monoisotopic (exact) mass is 430 g/mol. The van der Waals surface area contributed by atoms with Crippen LogP contribution < -0.4 is 10.0 Å². The van der Waals surface area contributed by atoms with E-state index in [1.165, 1.54) is 24.3 Å². The molecule has 2 N–H and O–H groups in total. The number of thioether (sulfide) groups is 1. The number of rotatable bonds is 6. The summed E-state index contributed by atoms with van der Waals surface area (Å²) in [6, 6.07) is 17.2. The number of halogens is 1. The van der Waals surface area contributed by atoms with Gasteiger partial charge < -0.3 is 5.32 Å². The number of sulfonamides is 1. The van der Waals surface area contributed by atoms with Crippen LogP contribution in [0.1, 0.15) is 15.9 Å². The molecule has 0 heterocycles. The fraction of sp³-hybridized carbons (Fsp3) is 0.0952. The lowest BCUT2D eigenvalue weighted by Crippen LogP contribution is -2.15. The Kier molecular flexibility index (Phi) is 6.24. The number of amides is 1. The summed E-state index contributed by atoms with van der Waals surface area (Å²) in [6.07, 6.45) is 1.96. The zero-order valence-electron chi connectivity index (χ0n) is 15.8. The van der Waals surface area contributed by atoms with Crippen LogP contribution in [0.4, 0.5) is 15.8 Å². The van der Waals surface area contributed by atoms with E-state index in [2.05, 4.69) is 10.0 Å². The maximum absolute atomic E-state index is 13.7. The Balaban J connectivity index is 1.77. The third-order valence-electron chi connectivity index (χ3n) is 4.18. The summed E-state index contributed by atoms with van der Waals surface area (Å²) in [5, 5.41) is 2.77. The predicted octanol–water partition coefficient (Wildman–Crippen LogP) is 4.91. The van der Waals surface area contributed by atoms with Gasteiger partial charge in [-0.05, 0) is 73.3 Å². The Labute approximate surface area is 173 Å². The van der Waals surface area contributed by atoms with Gasteiger partial charge in [0.25, 0.3) is 15.9 Å². The molecule has 150 valence electrons. The number of hydrogen-bond donors (Lipinski definition) is 2. The van der Waals surface area contributed by atoms with Crippen LogP contribution in [-0.2, 0) is 10.0 Å². The quantitative estimate of drug-likeness (QED) is 0.545. The first-order valence-corrected chi connectivity index (χ1v) is 11.3. The van der Waals surface area contributed by atoms with E-state index in [4.69, 9.17) is 0 Å². The number of carbonyl (C=O) groups is 1. The Morgan fingerprint density at radius 1 is 0.966 bits per heavy atom. The van der Waals surface area contributed by atoms with Crippen molar-refractivity contribution in [3.63, 3.8) is 0 Å². The van der Waals surface area contributed by atoms with Crippen LogP contribution in [-0.4, -0.2) is 20.6 Å². The molecule has 3 aromatic carbocycles. The van der Waals surface area contributed by atoms with E-state index in [-0.39, 0.29) is 22.1 Å². The van der Waals surface area contributed by atoms with Crippen LogP contribution in [0, 0.1) is 12.7 Å². The molecule has 3 rings (SSSR count). The molecule has 0 unspecified atom stereocenters. The molecule has 0 spiro atoms. The molecule has 5 nitrogen and oxygen atoms in total. The molecular formula is C21H19FN2O3S2. The minimum absolute atomic E-state index is 0.190. The van der Waals surface area contributed by atoms with E-state index >= 15 is 0 Å². The van der Waals surface area contributed by atoms with Crippen molar-refractivity contribution < 1.29 is 17.6 Å². The standard InChI is InChI=1S/C21H19FN2O3S2/c1-14-6-11-19(13-20(14)22)29(26,27)24-17-5-3-4-15(12-17)21(25)23-16-7-9-18(28-2)10-8-16/h3-13,24H,1-2H3,(H,23,25). The zero-order chi connectivity index (χ0) is 21.0. The molecule has 0 radical (unpaired) electrons. The number of anilines is 2. The normalized spacial score (nSPS) is 11.1. The highest BCUT2D eigenvalue weighted by Gasteiger charge is 2.17. The van der Waals surface area contributed by atoms with E-state index in [0.29, 0.717) is 11.3 Å². The fourth-order valence-electron chi connectivity index (χ4n) is 2.56. The summed E-state index contributed by atoms with van der Waals surface area (Å²) in [6.45, 7) is 1.55. The molecule has 0 saturated carbocycles. The first-order chi connectivity index (χ1) is 13.8. The van der Waals surface area contributed by atoms with Crippen LogP contribution >= 0.6 is 11.8 Å². The van der Waals surface area contributed by atoms with Gasteiger partial charge in [-0.25, -0.2) is 12.8 Å². The van der Waals surface area contributed by atoms with Gasteiger partial charge in [-0.15, -0.1) is 11.8 Å². The lowest BCUT2D eigenvalue weighted by Gasteiger charge is -2.11. The van der Waals surface area contributed by atoms with Crippen LogP contribution in [0.5, 0.6) is 0 Å². The minimum Gasteiger partial charge on any atom is -0.322 e. The molecular weight excluding hydrogens is 411 g/mol. The highest BCUT2D eigenvalue weighted by molar-refractivity contribution is 7.98. The third-order valence-corrected chi connectivity index (χ3v) is 6.30. The summed E-state index contributed by atoms with van der Waals surface area (Å²) in [7, 11) is -3.99. The second-order valence-electron chi connectivity index (χ2n) is 6.28. The van der Waals surface area contributed by atoms with E-state index in [1.807, 2.05) is 18.4 Å². The largest absolute Gasteiger partial charge is 0.322 e. The van der Waals surface area contributed by atoms with Gasteiger partial charge in [-0.3, -0.25) is 9.52 Å². The highest BCUT2D eigenvalue weighted by Crippen LogP contribution is 2.21. The summed E-state index contributed by atoms with van der Waals surface area (Å²) in [5.74, 6) is -0.974. The summed E-state index contributed by atoms with van der Waals surface area (Å²) in [5.41, 5.74) is 1.48. The first kappa shape index (κ1) is 20.9. The first-order valence-electron chi connectivity index (χ1n) is 8.63. The molecule has 3 aromatic rings. The molecule has 0 aromatic heterocycles. The number of nitrogens with one attached hydrogen (secondary N) is 2. The number of aryl methyl sites for hydroxylation is 1. The molecule has 0 aliphatic heterocycles. The van der Waals surface area contributed by atoms with Crippen molar-refractivity contribution in [2.75, 3.05) is 16.3 Å². The lowest BCUT2D eigenvalue weighted by atomic mass is 10.2. The fourth-order valence-corrected chi connectivity index (χ4v) is 4.03. The van der Waals surface area contributed by atoms with Crippen molar-refractivity contribution in [3.05, 3.63) is 83.7 Å². The van der Waals surface area contributed by atoms with E-state index in [9.17, 15) is 17.6 Å². The van der Waals surface area contributed by atoms with E-state index in [1.54, 1.807) is 43.0 Å². The van der Waals surface area contributed by atoms with Gasteiger partial charge in [0, 0.05) is 21.8 Å². The van der Waals surface area contributed by atoms with Crippen LogP contribution in [0.2, 0.25) is 0 Å². The zero-order valence-corrected chi connectivity index (χ0v) is 17.4. The second kappa shape index (κ2) is 8.67. The molecule has 0 atom stereocenters. The number of carbonyl (C=O) groups excluding carboxylic acids is 1. The third kappa shape index (κ3) is 5.16. The maximum Gasteiger partial charge on any atom is 0.261 e. The van der Waals surface area contributed by atoms with Crippen molar-refractivity contribution >= 4 is 39.1 Å². The van der Waals surface area contributed by atoms with Crippen molar-refractivity contribution in [1.29, 1.82) is 0 Å². The Morgan fingerprint density at radius 2 is 1.69 bits per heavy atom. The highest BCUT2D eigenvalue weighted by atomic mass is 32.2. The Bertz CT molecular complexity index is 1150. The van der Waals surface area contributed by atoms with Crippen molar-refractivity contribution in [1.82, 2.24) is 0 Å². The number of hydrogen-bond acceptors (Lipinski definition) is 4. The topological polar surface area (TPSA) is 75.3 Å². The lowest BCUT2D eigenvalue weighted by molar-refractivity contribution is 0.102. The van der Waals surface area contributed by atoms with Gasteiger partial charge >= 0.3 is 0 Å². The molecule has 0 fully saturated rings. The molecule has 1 amide bonds. The summed E-state index contributed by atoms with van der Waals surface area (Å²) in [4.78, 5) is 13.4. The Hall–Kier alpha value is -2.84. The molecule has 29 heavy (non-hydrogen) atoms. The van der Waals surface area contributed by atoms with Crippen LogP contribution in [0.15, 0.2) is 76.5 Å². The SMILES string of the molecule is CSc1ccc(NC(=O)c2cccc(NS(=O)(=O)c3ccc(C)c(F)c3)c2)cc1. The van der Waals surface area contributed by atoms with Gasteiger partial charge in [0.15, 0.2) is 0 Å². The van der Waals surface area contributed by atoms with Gasteiger partial charge in [0.05, 0.1) is 4.90 Å². The van der Waals surface area contributed by atoms with Crippen molar-refractivity contribution in [2.45, 2.75) is 16.7 Å². The van der Waals surface area contributed by atoms with Gasteiger partial charge in [-0.1, -0.05) is 12.1 Å². The second-order valence-corrected chi connectivity index (χ2v) is 8.84. The van der Waals surface area contributed by atoms with Gasteiger partial charge in [0.1, 0.15) is 5.82 Å². The van der Waals surface area contributed by atoms with E-state index < -0.39 is 15.8 Å². The van der Waals surface area contributed by atoms with Crippen molar-refractivity contribution in [3.8, 4) is 0 Å². The maximum atomic E-state index is 13.7. The smallest absolute Gasteiger partial charge is 0.261 e. The van der Waals surface area contributed by atoms with E-state index in [0.717, 1.165) is 11.0 Å². The predicted molar refractivity (Wildman–Crippen MR) is 115 cm³/mol.